The van der Waals surface area contributed by atoms with E-state index in [9.17, 15) is 0 Å². The second kappa shape index (κ2) is 6.89. The van der Waals surface area contributed by atoms with E-state index in [-0.39, 0.29) is 19.0 Å². The van der Waals surface area contributed by atoms with E-state index >= 15 is 0 Å². The molecule has 1 aromatic heterocycles. The van der Waals surface area contributed by atoms with Crippen LogP contribution in [0.5, 0.6) is 17.2 Å². The van der Waals surface area contributed by atoms with Crippen LogP contribution >= 0.6 is 0 Å². The van der Waals surface area contributed by atoms with Gasteiger partial charge in [0.1, 0.15) is 6.10 Å². The number of methoxy groups -OCH3 is 1. The average Bonchev–Trinajstić information content (AvgIpc) is 3.34. The Balaban J connectivity index is 1.30. The number of nitrogens with one attached hydrogen (secondary N) is 1. The molecule has 0 saturated carbocycles. The van der Waals surface area contributed by atoms with Crippen molar-refractivity contribution in [2.24, 2.45) is 0 Å². The minimum atomic E-state index is -0.0985. The third kappa shape index (κ3) is 3.40. The van der Waals surface area contributed by atoms with Gasteiger partial charge in [-0.2, -0.15) is 4.98 Å². The number of nitrogens with zero attached hydrogens (tertiary/aromatic N) is 2. The van der Waals surface area contributed by atoms with Crippen molar-refractivity contribution in [2.75, 3.05) is 20.4 Å². The van der Waals surface area contributed by atoms with Gasteiger partial charge < -0.3 is 28.8 Å². The fourth-order valence-corrected chi connectivity index (χ4v) is 3.14. The molecular weight excluding hydrogens is 326 g/mol. The first kappa shape index (κ1) is 16.2. The fourth-order valence-electron chi connectivity index (χ4n) is 3.14. The van der Waals surface area contributed by atoms with Crippen LogP contribution in [0, 0.1) is 6.92 Å². The van der Waals surface area contributed by atoms with Crippen LogP contribution in [0.2, 0.25) is 0 Å². The number of hydrogen-bond acceptors (Lipinski definition) is 8. The highest BCUT2D eigenvalue weighted by Crippen LogP contribution is 2.41. The van der Waals surface area contributed by atoms with Crippen molar-refractivity contribution in [3.05, 3.63) is 29.4 Å². The maximum Gasteiger partial charge on any atom is 0.255 e. The van der Waals surface area contributed by atoms with Crippen molar-refractivity contribution < 1.29 is 23.5 Å². The zero-order valence-electron chi connectivity index (χ0n) is 14.3. The normalized spacial score (nSPS) is 21.7. The monoisotopic (exact) mass is 347 g/mol. The molecule has 3 heterocycles. The summed E-state index contributed by atoms with van der Waals surface area (Å²) in [5.41, 5.74) is 1.07. The highest BCUT2D eigenvalue weighted by molar-refractivity contribution is 5.55. The molecule has 1 fully saturated rings. The Hall–Kier alpha value is -2.32. The molecule has 1 N–H and O–H groups in total. The summed E-state index contributed by atoms with van der Waals surface area (Å²) in [6, 6.07) is 3.93. The van der Waals surface area contributed by atoms with E-state index < -0.39 is 0 Å². The number of aromatic nitrogens is 2. The van der Waals surface area contributed by atoms with E-state index in [0.29, 0.717) is 29.8 Å². The number of ether oxygens (including phenoxy) is 4. The average molecular weight is 347 g/mol. The summed E-state index contributed by atoms with van der Waals surface area (Å²) in [5.74, 6) is 3.29. The van der Waals surface area contributed by atoms with Crippen LogP contribution in [-0.4, -0.2) is 36.7 Å². The van der Waals surface area contributed by atoms with Crippen LogP contribution in [0.4, 0.5) is 0 Å². The Morgan fingerprint density at radius 3 is 3.00 bits per heavy atom. The molecule has 2 aliphatic heterocycles. The first-order valence-corrected chi connectivity index (χ1v) is 8.36. The molecule has 25 heavy (non-hydrogen) atoms. The summed E-state index contributed by atoms with van der Waals surface area (Å²) in [6.45, 7) is 3.48. The summed E-state index contributed by atoms with van der Waals surface area (Å²) < 4.78 is 27.4. The van der Waals surface area contributed by atoms with Gasteiger partial charge in [0.2, 0.25) is 12.5 Å². The number of benzene rings is 1. The summed E-state index contributed by atoms with van der Waals surface area (Å²) in [6.07, 6.45) is 1.89. The molecule has 0 spiro atoms. The number of rotatable bonds is 6. The third-order valence-electron chi connectivity index (χ3n) is 4.35. The lowest BCUT2D eigenvalue weighted by Crippen LogP contribution is -2.26. The van der Waals surface area contributed by atoms with Gasteiger partial charge in [-0.25, -0.2) is 0 Å². The van der Waals surface area contributed by atoms with Crippen LogP contribution in [0.1, 0.15) is 36.2 Å². The molecule has 1 aromatic carbocycles. The van der Waals surface area contributed by atoms with Crippen LogP contribution in [-0.2, 0) is 11.3 Å². The number of fused-ring (bicyclic) bond motifs is 1. The molecular formula is C17H21N3O5. The summed E-state index contributed by atoms with van der Waals surface area (Å²) in [5, 5.41) is 7.24. The molecule has 1 saturated heterocycles. The van der Waals surface area contributed by atoms with E-state index in [4.69, 9.17) is 23.5 Å². The Kier molecular flexibility index (Phi) is 4.46. The first-order valence-electron chi connectivity index (χ1n) is 8.36. The van der Waals surface area contributed by atoms with Gasteiger partial charge in [-0.1, -0.05) is 5.16 Å². The maximum atomic E-state index is 5.99. The quantitative estimate of drug-likeness (QED) is 0.850. The van der Waals surface area contributed by atoms with Crippen LogP contribution in [0.15, 0.2) is 16.7 Å². The van der Waals surface area contributed by atoms with Crippen LogP contribution < -0.4 is 19.5 Å². The lowest BCUT2D eigenvalue weighted by atomic mass is 10.1. The van der Waals surface area contributed by atoms with Crippen LogP contribution in [0.3, 0.4) is 0 Å². The molecule has 0 unspecified atom stereocenters. The Labute approximate surface area is 145 Å². The lowest BCUT2D eigenvalue weighted by molar-refractivity contribution is 0.0264. The van der Waals surface area contributed by atoms with E-state index in [1.165, 1.54) is 0 Å². The molecule has 0 bridgehead atoms. The number of hydrogen-bond donors (Lipinski definition) is 1. The predicted octanol–water partition coefficient (Wildman–Crippen LogP) is 2.13. The molecule has 2 aliphatic rings. The van der Waals surface area contributed by atoms with Gasteiger partial charge in [0.25, 0.3) is 5.89 Å². The number of aryl methyl sites for hydroxylation is 1. The van der Waals surface area contributed by atoms with Gasteiger partial charge in [-0.05, 0) is 37.5 Å². The van der Waals surface area contributed by atoms with Gasteiger partial charge in [-0.15, -0.1) is 0 Å². The highest BCUT2D eigenvalue weighted by Gasteiger charge is 2.30. The van der Waals surface area contributed by atoms with Crippen LogP contribution in [0.25, 0.3) is 0 Å². The minimum Gasteiger partial charge on any atom is -0.493 e. The van der Waals surface area contributed by atoms with Crippen molar-refractivity contribution in [3.8, 4) is 17.2 Å². The lowest BCUT2D eigenvalue weighted by Gasteiger charge is -2.13. The standard InChI is InChI=1S/C17H21N3O5/c1-10-19-17(25-20-10)13-4-3-12(24-13)8-18-7-11-5-14(21-2)16-15(6-11)22-9-23-16/h5-6,12-13,18H,3-4,7-9H2,1-2H3/t12-,13+/m1/s1. The molecule has 8 heteroatoms. The first-order chi connectivity index (χ1) is 12.2. The van der Waals surface area contributed by atoms with E-state index in [2.05, 4.69) is 15.5 Å². The smallest absolute Gasteiger partial charge is 0.255 e. The molecule has 0 amide bonds. The van der Waals surface area contributed by atoms with Gasteiger partial charge in [-0.3, -0.25) is 0 Å². The van der Waals surface area contributed by atoms with E-state index in [1.54, 1.807) is 14.0 Å². The fraction of sp³-hybridized carbons (Fsp3) is 0.529. The molecule has 134 valence electrons. The molecule has 0 aliphatic carbocycles. The summed E-state index contributed by atoms with van der Waals surface area (Å²) in [7, 11) is 1.63. The van der Waals surface area contributed by atoms with Gasteiger partial charge >= 0.3 is 0 Å². The Morgan fingerprint density at radius 2 is 2.20 bits per heavy atom. The zero-order valence-corrected chi connectivity index (χ0v) is 14.3. The predicted molar refractivity (Wildman–Crippen MR) is 86.7 cm³/mol. The van der Waals surface area contributed by atoms with Gasteiger partial charge in [0, 0.05) is 13.1 Å². The maximum absolute atomic E-state index is 5.99. The molecule has 4 rings (SSSR count). The Morgan fingerprint density at radius 1 is 1.28 bits per heavy atom. The zero-order chi connectivity index (χ0) is 17.2. The summed E-state index contributed by atoms with van der Waals surface area (Å²) >= 11 is 0. The molecule has 8 nitrogen and oxygen atoms in total. The third-order valence-corrected chi connectivity index (χ3v) is 4.35. The van der Waals surface area contributed by atoms with Crippen molar-refractivity contribution >= 4 is 0 Å². The molecule has 2 aromatic rings. The SMILES string of the molecule is COc1cc(CNC[C@H]2CC[C@@H](c3nc(C)no3)O2)cc2c1OCO2. The van der Waals surface area contributed by atoms with Crippen molar-refractivity contribution in [2.45, 2.75) is 38.5 Å². The summed E-state index contributed by atoms with van der Waals surface area (Å²) in [4.78, 5) is 4.24. The van der Waals surface area contributed by atoms with E-state index in [1.807, 2.05) is 12.1 Å². The molecule has 2 atom stereocenters. The van der Waals surface area contributed by atoms with Crippen molar-refractivity contribution in [1.29, 1.82) is 0 Å². The minimum absolute atomic E-state index is 0.0985. The Bertz CT molecular complexity index is 748. The second-order valence-electron chi connectivity index (χ2n) is 6.17. The highest BCUT2D eigenvalue weighted by atomic mass is 16.7. The topological polar surface area (TPSA) is 87.9 Å². The largest absolute Gasteiger partial charge is 0.493 e. The van der Waals surface area contributed by atoms with Crippen molar-refractivity contribution in [3.63, 3.8) is 0 Å². The van der Waals surface area contributed by atoms with Crippen molar-refractivity contribution in [1.82, 2.24) is 15.5 Å². The van der Waals surface area contributed by atoms with Gasteiger partial charge in [0.15, 0.2) is 17.3 Å². The van der Waals surface area contributed by atoms with Gasteiger partial charge in [0.05, 0.1) is 13.2 Å². The molecule has 0 radical (unpaired) electrons. The van der Waals surface area contributed by atoms with E-state index in [0.717, 1.165) is 30.7 Å². The second-order valence-corrected chi connectivity index (χ2v) is 6.17.